The van der Waals surface area contributed by atoms with Gasteiger partial charge in [-0.3, -0.25) is 9.78 Å². The van der Waals surface area contributed by atoms with Gasteiger partial charge in [0.25, 0.3) is 5.91 Å². The van der Waals surface area contributed by atoms with Gasteiger partial charge in [-0.15, -0.1) is 0 Å². The van der Waals surface area contributed by atoms with E-state index in [2.05, 4.69) is 15.6 Å². The van der Waals surface area contributed by atoms with E-state index in [0.717, 1.165) is 25.0 Å². The van der Waals surface area contributed by atoms with Crippen molar-refractivity contribution in [2.75, 3.05) is 13.1 Å². The highest BCUT2D eigenvalue weighted by Crippen LogP contribution is 2.17. The van der Waals surface area contributed by atoms with Crippen molar-refractivity contribution < 1.29 is 9.59 Å². The smallest absolute Gasteiger partial charge is 0.315 e. The van der Waals surface area contributed by atoms with E-state index in [4.69, 9.17) is 0 Å². The molecular formula is C19H28N4O2. The third kappa shape index (κ3) is 4.94. The van der Waals surface area contributed by atoms with E-state index in [1.807, 2.05) is 19.1 Å². The average molecular weight is 344 g/mol. The lowest BCUT2D eigenvalue weighted by Gasteiger charge is -2.20. The number of nitrogens with one attached hydrogen (secondary N) is 2. The second kappa shape index (κ2) is 8.32. The SMILES string of the molecule is Cc1ccc(C(=O)N2CCC(NC(=O)NC3CCCCCC3)C2)cn1. The van der Waals surface area contributed by atoms with Gasteiger partial charge < -0.3 is 15.5 Å². The minimum Gasteiger partial charge on any atom is -0.336 e. The van der Waals surface area contributed by atoms with Gasteiger partial charge in [0.15, 0.2) is 0 Å². The summed E-state index contributed by atoms with van der Waals surface area (Å²) in [4.78, 5) is 30.7. The van der Waals surface area contributed by atoms with Crippen LogP contribution in [0.25, 0.3) is 0 Å². The fraction of sp³-hybridized carbons (Fsp3) is 0.632. The van der Waals surface area contributed by atoms with Crippen molar-refractivity contribution in [1.82, 2.24) is 20.5 Å². The molecular weight excluding hydrogens is 316 g/mol. The van der Waals surface area contributed by atoms with E-state index >= 15 is 0 Å². The van der Waals surface area contributed by atoms with Crippen LogP contribution in [0.3, 0.4) is 0 Å². The van der Waals surface area contributed by atoms with E-state index in [0.29, 0.717) is 24.7 Å². The van der Waals surface area contributed by atoms with Crippen LogP contribution in [0.15, 0.2) is 18.3 Å². The highest BCUT2D eigenvalue weighted by Gasteiger charge is 2.28. The van der Waals surface area contributed by atoms with Crippen molar-refractivity contribution >= 4 is 11.9 Å². The maximum atomic E-state index is 12.5. The fourth-order valence-electron chi connectivity index (χ4n) is 3.68. The molecule has 0 bridgehead atoms. The van der Waals surface area contributed by atoms with Gasteiger partial charge in [0.2, 0.25) is 0 Å². The molecule has 0 aromatic carbocycles. The highest BCUT2D eigenvalue weighted by atomic mass is 16.2. The van der Waals surface area contributed by atoms with Crippen molar-refractivity contribution in [2.45, 2.75) is 64.0 Å². The number of likely N-dealkylation sites (tertiary alicyclic amines) is 1. The summed E-state index contributed by atoms with van der Waals surface area (Å²) in [6, 6.07) is 3.88. The lowest BCUT2D eigenvalue weighted by molar-refractivity contribution is 0.0789. The van der Waals surface area contributed by atoms with Crippen LogP contribution in [0.4, 0.5) is 4.79 Å². The van der Waals surface area contributed by atoms with Crippen molar-refractivity contribution in [3.05, 3.63) is 29.6 Å². The van der Waals surface area contributed by atoms with E-state index in [1.165, 1.54) is 25.7 Å². The summed E-state index contributed by atoms with van der Waals surface area (Å²) >= 11 is 0. The van der Waals surface area contributed by atoms with Crippen LogP contribution in [0, 0.1) is 6.92 Å². The quantitative estimate of drug-likeness (QED) is 0.828. The zero-order chi connectivity index (χ0) is 17.6. The molecule has 136 valence electrons. The molecule has 6 heteroatoms. The fourth-order valence-corrected chi connectivity index (χ4v) is 3.68. The predicted molar refractivity (Wildman–Crippen MR) is 96.4 cm³/mol. The molecule has 1 aliphatic carbocycles. The number of pyridine rings is 1. The average Bonchev–Trinajstić information content (AvgIpc) is 2.90. The molecule has 1 aromatic rings. The Labute approximate surface area is 149 Å². The number of hydrogen-bond donors (Lipinski definition) is 2. The second-order valence-electron chi connectivity index (χ2n) is 7.23. The van der Waals surface area contributed by atoms with Crippen LogP contribution in [-0.4, -0.2) is 47.0 Å². The topological polar surface area (TPSA) is 74.3 Å². The van der Waals surface area contributed by atoms with Crippen LogP contribution in [0.2, 0.25) is 0 Å². The van der Waals surface area contributed by atoms with Gasteiger partial charge in [-0.25, -0.2) is 4.79 Å². The summed E-state index contributed by atoms with van der Waals surface area (Å²) < 4.78 is 0. The van der Waals surface area contributed by atoms with Gasteiger partial charge in [0.05, 0.1) is 5.56 Å². The van der Waals surface area contributed by atoms with Crippen LogP contribution in [-0.2, 0) is 0 Å². The molecule has 25 heavy (non-hydrogen) atoms. The number of aromatic nitrogens is 1. The first-order valence-corrected chi connectivity index (χ1v) is 9.41. The molecule has 1 saturated carbocycles. The Kier molecular flexibility index (Phi) is 5.89. The minimum atomic E-state index is -0.0943. The summed E-state index contributed by atoms with van der Waals surface area (Å²) in [5, 5.41) is 6.14. The summed E-state index contributed by atoms with van der Waals surface area (Å²) in [5.74, 6) is -0.0130. The third-order valence-corrected chi connectivity index (χ3v) is 5.16. The van der Waals surface area contributed by atoms with Gasteiger partial charge in [-0.1, -0.05) is 25.7 Å². The second-order valence-corrected chi connectivity index (χ2v) is 7.23. The maximum Gasteiger partial charge on any atom is 0.315 e. The molecule has 1 unspecified atom stereocenters. The normalized spacial score (nSPS) is 21.6. The highest BCUT2D eigenvalue weighted by molar-refractivity contribution is 5.94. The zero-order valence-corrected chi connectivity index (χ0v) is 15.0. The zero-order valence-electron chi connectivity index (χ0n) is 15.0. The van der Waals surface area contributed by atoms with Crippen LogP contribution in [0.5, 0.6) is 0 Å². The monoisotopic (exact) mass is 344 g/mol. The Morgan fingerprint density at radius 3 is 2.44 bits per heavy atom. The number of hydrogen-bond acceptors (Lipinski definition) is 3. The van der Waals surface area contributed by atoms with E-state index in [-0.39, 0.29) is 18.0 Å². The molecule has 2 fully saturated rings. The third-order valence-electron chi connectivity index (χ3n) is 5.16. The number of carbonyl (C=O) groups excluding carboxylic acids is 2. The first kappa shape index (κ1) is 17.7. The van der Waals surface area contributed by atoms with Crippen molar-refractivity contribution in [3.63, 3.8) is 0 Å². The Bertz CT molecular complexity index is 594. The van der Waals surface area contributed by atoms with Gasteiger partial charge in [-0.2, -0.15) is 0 Å². The van der Waals surface area contributed by atoms with Crippen LogP contribution < -0.4 is 10.6 Å². The molecule has 2 aliphatic rings. The molecule has 3 amide bonds. The molecule has 2 heterocycles. The van der Waals surface area contributed by atoms with Crippen LogP contribution >= 0.6 is 0 Å². The Morgan fingerprint density at radius 1 is 1.04 bits per heavy atom. The molecule has 1 saturated heterocycles. The number of aryl methyl sites for hydroxylation is 1. The molecule has 1 aromatic heterocycles. The molecule has 0 spiro atoms. The molecule has 0 radical (unpaired) electrons. The molecule has 1 atom stereocenters. The lowest BCUT2D eigenvalue weighted by atomic mass is 10.1. The first-order chi connectivity index (χ1) is 12.1. The Balaban J connectivity index is 1.46. The van der Waals surface area contributed by atoms with Crippen LogP contribution in [0.1, 0.15) is 61.0 Å². The van der Waals surface area contributed by atoms with Gasteiger partial charge in [0.1, 0.15) is 0 Å². The number of rotatable bonds is 3. The lowest BCUT2D eigenvalue weighted by Crippen LogP contribution is -2.47. The van der Waals surface area contributed by atoms with Crippen molar-refractivity contribution in [1.29, 1.82) is 0 Å². The van der Waals surface area contributed by atoms with Gasteiger partial charge in [0, 0.05) is 37.1 Å². The van der Waals surface area contributed by atoms with E-state index in [1.54, 1.807) is 11.1 Å². The molecule has 6 nitrogen and oxygen atoms in total. The van der Waals surface area contributed by atoms with E-state index in [9.17, 15) is 9.59 Å². The predicted octanol–water partition coefficient (Wildman–Crippen LogP) is 2.63. The number of urea groups is 1. The van der Waals surface area contributed by atoms with E-state index < -0.39 is 0 Å². The summed E-state index contributed by atoms with van der Waals surface area (Å²) in [6.45, 7) is 3.13. The largest absolute Gasteiger partial charge is 0.336 e. The van der Waals surface area contributed by atoms with Crippen molar-refractivity contribution in [3.8, 4) is 0 Å². The molecule has 2 N–H and O–H groups in total. The maximum absolute atomic E-state index is 12.5. The summed E-state index contributed by atoms with van der Waals surface area (Å²) in [6.07, 6.45) is 9.50. The Morgan fingerprint density at radius 2 is 1.76 bits per heavy atom. The Hall–Kier alpha value is -2.11. The van der Waals surface area contributed by atoms with Gasteiger partial charge >= 0.3 is 6.03 Å². The van der Waals surface area contributed by atoms with Crippen molar-refractivity contribution in [2.24, 2.45) is 0 Å². The molecule has 3 rings (SSSR count). The summed E-state index contributed by atoms with van der Waals surface area (Å²) in [7, 11) is 0. The number of carbonyl (C=O) groups is 2. The summed E-state index contributed by atoms with van der Waals surface area (Å²) in [5.41, 5.74) is 1.50. The number of nitrogens with zero attached hydrogens (tertiary/aromatic N) is 2. The number of amides is 3. The standard InChI is InChI=1S/C19H28N4O2/c1-14-8-9-15(12-20-14)18(24)23-11-10-17(13-23)22-19(25)21-16-6-4-2-3-5-7-16/h8-9,12,16-17H,2-7,10-11,13H2,1H3,(H2,21,22,25). The van der Waals surface area contributed by atoms with Gasteiger partial charge in [-0.05, 0) is 38.3 Å². The minimum absolute atomic E-state index is 0.0130. The first-order valence-electron chi connectivity index (χ1n) is 9.41. The molecule has 1 aliphatic heterocycles.